The minimum atomic E-state index is -4.60. The van der Waals surface area contributed by atoms with Crippen LogP contribution in [0.2, 0.25) is 0 Å². The summed E-state index contributed by atoms with van der Waals surface area (Å²) in [5, 5.41) is 11.4. The van der Waals surface area contributed by atoms with Crippen LogP contribution in [0, 0.1) is 0 Å². The zero-order chi connectivity index (χ0) is 28.6. The summed E-state index contributed by atoms with van der Waals surface area (Å²) >= 11 is 0. The van der Waals surface area contributed by atoms with E-state index in [9.17, 15) is 18.0 Å². The molecular weight excluding hydrogens is 533 g/mol. The van der Waals surface area contributed by atoms with Gasteiger partial charge >= 0.3 is 6.18 Å². The quantitative estimate of drug-likeness (QED) is 0.294. The predicted molar refractivity (Wildman–Crippen MR) is 145 cm³/mol. The number of rotatable bonds is 6. The molecule has 5 aromatic heterocycles. The summed E-state index contributed by atoms with van der Waals surface area (Å²) in [6.45, 7) is 0. The third-order valence-electron chi connectivity index (χ3n) is 6.45. The minimum Gasteiger partial charge on any atom is -0.326 e. The van der Waals surface area contributed by atoms with Crippen LogP contribution >= 0.6 is 0 Å². The van der Waals surface area contributed by atoms with Crippen molar-refractivity contribution in [3.05, 3.63) is 103 Å². The Morgan fingerprint density at radius 3 is 2.39 bits per heavy atom. The maximum Gasteiger partial charge on any atom is 0.433 e. The smallest absolute Gasteiger partial charge is 0.326 e. The number of carbonyl (C=O) groups is 1. The molecule has 0 aliphatic carbocycles. The van der Waals surface area contributed by atoms with Gasteiger partial charge in [0.05, 0.1) is 36.2 Å². The Bertz CT molecular complexity index is 1860. The summed E-state index contributed by atoms with van der Waals surface area (Å²) in [6, 6.07) is 11.5. The van der Waals surface area contributed by atoms with Gasteiger partial charge in [-0.05, 0) is 29.3 Å². The van der Waals surface area contributed by atoms with Crippen molar-refractivity contribution in [2.75, 3.05) is 5.32 Å². The predicted octanol–water partition coefficient (Wildman–Crippen LogP) is 5.45. The Morgan fingerprint density at radius 2 is 1.68 bits per heavy atom. The molecule has 204 valence electrons. The first-order chi connectivity index (χ1) is 19.7. The Kier molecular flexibility index (Phi) is 6.50. The van der Waals surface area contributed by atoms with Crippen molar-refractivity contribution < 1.29 is 18.0 Å². The average Bonchev–Trinajstić information content (AvgIpc) is 3.59. The van der Waals surface area contributed by atoms with E-state index in [1.54, 1.807) is 52.3 Å². The van der Waals surface area contributed by atoms with Crippen molar-refractivity contribution in [2.45, 2.75) is 12.6 Å². The van der Waals surface area contributed by atoms with Crippen molar-refractivity contribution in [1.82, 2.24) is 34.3 Å². The summed E-state index contributed by atoms with van der Waals surface area (Å²) in [5.41, 5.74) is 5.59. The van der Waals surface area contributed by atoms with Crippen LogP contribution in [0.3, 0.4) is 0 Å². The van der Waals surface area contributed by atoms with E-state index < -0.39 is 17.8 Å². The fourth-order valence-corrected chi connectivity index (χ4v) is 4.55. The van der Waals surface area contributed by atoms with Crippen molar-refractivity contribution in [2.24, 2.45) is 7.05 Å². The highest BCUT2D eigenvalue weighted by atomic mass is 19.4. The molecule has 0 atom stereocenters. The molecule has 0 aliphatic rings. The van der Waals surface area contributed by atoms with Gasteiger partial charge in [-0.2, -0.15) is 23.4 Å². The molecule has 41 heavy (non-hydrogen) atoms. The van der Waals surface area contributed by atoms with Crippen LogP contribution in [-0.4, -0.2) is 40.3 Å². The zero-order valence-corrected chi connectivity index (χ0v) is 21.5. The Morgan fingerprint density at radius 1 is 0.854 bits per heavy atom. The molecule has 0 unspecified atom stereocenters. The SMILES string of the molecule is Cn1cc(-c2cc(-c3cnccn3)c3c(-c4ccc(CC(=O)Nc5ccnc(C(F)(F)F)c5)cc4)cnn3c2)cn1. The van der Waals surface area contributed by atoms with Crippen molar-refractivity contribution >= 4 is 17.1 Å². The Hall–Kier alpha value is -5.39. The number of carbonyl (C=O) groups excluding carboxylic acids is 1. The number of aromatic nitrogens is 7. The van der Waals surface area contributed by atoms with E-state index in [1.165, 1.54) is 6.07 Å². The number of amides is 1. The van der Waals surface area contributed by atoms with E-state index in [-0.39, 0.29) is 12.1 Å². The van der Waals surface area contributed by atoms with E-state index in [0.717, 1.165) is 45.6 Å². The van der Waals surface area contributed by atoms with Crippen LogP contribution < -0.4 is 5.32 Å². The normalized spacial score (nSPS) is 11.6. The molecule has 12 heteroatoms. The molecule has 1 aromatic carbocycles. The van der Waals surface area contributed by atoms with E-state index in [2.05, 4.69) is 30.5 Å². The van der Waals surface area contributed by atoms with Gasteiger partial charge in [-0.25, -0.2) is 4.52 Å². The Labute approximate surface area is 231 Å². The number of halogens is 3. The second-order valence-corrected chi connectivity index (χ2v) is 9.34. The van der Waals surface area contributed by atoms with Gasteiger partial charge in [-0.3, -0.25) is 24.4 Å². The van der Waals surface area contributed by atoms with Gasteiger partial charge in [0.1, 0.15) is 5.69 Å². The lowest BCUT2D eigenvalue weighted by molar-refractivity contribution is -0.141. The molecule has 0 saturated carbocycles. The molecule has 0 fully saturated rings. The first-order valence-electron chi connectivity index (χ1n) is 12.4. The van der Waals surface area contributed by atoms with Crippen LogP contribution in [-0.2, 0) is 24.4 Å². The number of fused-ring (bicyclic) bond motifs is 1. The zero-order valence-electron chi connectivity index (χ0n) is 21.5. The molecule has 0 bridgehead atoms. The second kappa shape index (κ2) is 10.3. The third-order valence-corrected chi connectivity index (χ3v) is 6.45. The van der Waals surface area contributed by atoms with Crippen molar-refractivity contribution in [3.8, 4) is 33.5 Å². The van der Waals surface area contributed by atoms with Crippen LogP contribution in [0.1, 0.15) is 11.3 Å². The number of benzene rings is 1. The lowest BCUT2D eigenvalue weighted by atomic mass is 9.99. The molecule has 9 nitrogen and oxygen atoms in total. The highest BCUT2D eigenvalue weighted by Crippen LogP contribution is 2.35. The molecule has 0 saturated heterocycles. The van der Waals surface area contributed by atoms with Gasteiger partial charge in [0.25, 0.3) is 0 Å². The number of hydrogen-bond acceptors (Lipinski definition) is 6. The van der Waals surface area contributed by atoms with Gasteiger partial charge in [0.2, 0.25) is 5.91 Å². The molecular formula is C29H21F3N8O. The van der Waals surface area contributed by atoms with E-state index >= 15 is 0 Å². The van der Waals surface area contributed by atoms with Crippen LogP contribution in [0.5, 0.6) is 0 Å². The van der Waals surface area contributed by atoms with Gasteiger partial charge in [0, 0.05) is 66.0 Å². The molecule has 1 N–H and O–H groups in total. The summed E-state index contributed by atoms with van der Waals surface area (Å²) in [6.07, 6.45) is 8.74. The molecule has 6 rings (SSSR count). The number of alkyl halides is 3. The summed E-state index contributed by atoms with van der Waals surface area (Å²) in [7, 11) is 1.85. The van der Waals surface area contributed by atoms with Gasteiger partial charge in [0.15, 0.2) is 0 Å². The number of hydrogen-bond donors (Lipinski definition) is 1. The summed E-state index contributed by atoms with van der Waals surface area (Å²) < 4.78 is 42.3. The fraction of sp³-hybridized carbons (Fsp3) is 0.103. The summed E-state index contributed by atoms with van der Waals surface area (Å²) in [4.78, 5) is 24.6. The molecule has 6 aromatic rings. The van der Waals surface area contributed by atoms with Gasteiger partial charge in [-0.1, -0.05) is 24.3 Å². The maximum absolute atomic E-state index is 12.9. The van der Waals surface area contributed by atoms with Crippen LogP contribution in [0.15, 0.2) is 92.0 Å². The van der Waals surface area contributed by atoms with E-state index in [0.29, 0.717) is 11.3 Å². The topological polar surface area (TPSA) is 103 Å². The Balaban J connectivity index is 1.29. The minimum absolute atomic E-state index is 0.0158. The summed E-state index contributed by atoms with van der Waals surface area (Å²) in [5.74, 6) is -0.444. The van der Waals surface area contributed by atoms with Gasteiger partial charge < -0.3 is 5.32 Å². The van der Waals surface area contributed by atoms with Crippen LogP contribution in [0.4, 0.5) is 18.9 Å². The standard InChI is InChI=1S/C29H21F3N8O/c1-39-16-21(13-36-39)20-11-23(25-15-33-8-9-34-25)28-24(14-37-40(28)17-20)19-4-2-18(3-5-19)10-27(41)38-22-6-7-35-26(12-22)29(30,31)32/h2-9,11-17H,10H2,1H3,(H,35,38,41). The monoisotopic (exact) mass is 554 g/mol. The molecule has 0 aliphatic heterocycles. The van der Waals surface area contributed by atoms with Crippen molar-refractivity contribution in [1.29, 1.82) is 0 Å². The number of anilines is 1. The number of aryl methyl sites for hydroxylation is 1. The highest BCUT2D eigenvalue weighted by Gasteiger charge is 2.32. The fourth-order valence-electron chi connectivity index (χ4n) is 4.55. The molecule has 1 amide bonds. The highest BCUT2D eigenvalue weighted by molar-refractivity contribution is 5.94. The molecule has 0 spiro atoms. The largest absolute Gasteiger partial charge is 0.433 e. The van der Waals surface area contributed by atoms with Crippen LogP contribution in [0.25, 0.3) is 39.0 Å². The first kappa shape index (κ1) is 25.9. The molecule has 5 heterocycles. The lowest BCUT2D eigenvalue weighted by Gasteiger charge is -2.10. The van der Waals surface area contributed by atoms with Crippen molar-refractivity contribution in [3.63, 3.8) is 0 Å². The second-order valence-electron chi connectivity index (χ2n) is 9.34. The lowest BCUT2D eigenvalue weighted by Crippen LogP contribution is -2.15. The molecule has 0 radical (unpaired) electrons. The van der Waals surface area contributed by atoms with E-state index in [4.69, 9.17) is 0 Å². The maximum atomic E-state index is 12.9. The number of nitrogens with one attached hydrogen (secondary N) is 1. The number of nitrogens with zero attached hydrogens (tertiary/aromatic N) is 7. The third kappa shape index (κ3) is 5.39. The van der Waals surface area contributed by atoms with Gasteiger partial charge in [-0.15, -0.1) is 0 Å². The van der Waals surface area contributed by atoms with E-state index in [1.807, 2.05) is 37.6 Å². The average molecular weight is 555 g/mol. The first-order valence-corrected chi connectivity index (χ1v) is 12.4. The number of pyridine rings is 2.